The molecule has 0 radical (unpaired) electrons. The number of hydrogen-bond acceptors (Lipinski definition) is 5. The number of aryl methyl sites for hydroxylation is 1. The summed E-state index contributed by atoms with van der Waals surface area (Å²) in [7, 11) is 0. The predicted octanol–water partition coefficient (Wildman–Crippen LogP) is 3.01. The summed E-state index contributed by atoms with van der Waals surface area (Å²) in [5.74, 6) is 0. The minimum absolute atomic E-state index is 0.666. The number of fused-ring (bicyclic) bond motifs is 1. The van der Waals surface area contributed by atoms with Crippen LogP contribution in [-0.2, 0) is 6.54 Å². The van der Waals surface area contributed by atoms with Gasteiger partial charge in [0.2, 0.25) is 5.13 Å². The van der Waals surface area contributed by atoms with Gasteiger partial charge in [0.15, 0.2) is 0 Å². The number of hydrogen-bond donors (Lipinski definition) is 1. The summed E-state index contributed by atoms with van der Waals surface area (Å²) >= 11 is 1.55. The lowest BCUT2D eigenvalue weighted by Crippen LogP contribution is -2.01. The van der Waals surface area contributed by atoms with Crippen LogP contribution in [0.5, 0.6) is 0 Å². The Morgan fingerprint density at radius 2 is 2.00 bits per heavy atom. The van der Waals surface area contributed by atoms with Crippen LogP contribution in [0, 0.1) is 6.92 Å². The average Bonchev–Trinajstić information content (AvgIpc) is 2.82. The minimum atomic E-state index is 0.666. The third kappa shape index (κ3) is 2.31. The van der Waals surface area contributed by atoms with Gasteiger partial charge >= 0.3 is 0 Å². The van der Waals surface area contributed by atoms with Gasteiger partial charge in [-0.1, -0.05) is 35.6 Å². The summed E-state index contributed by atoms with van der Waals surface area (Å²) in [6, 6.07) is 12.2. The van der Waals surface area contributed by atoms with E-state index in [1.165, 1.54) is 0 Å². The summed E-state index contributed by atoms with van der Waals surface area (Å²) in [5.41, 5.74) is 2.02. The number of nitrogens with one attached hydrogen (secondary N) is 1. The molecule has 1 aromatic carbocycles. The molecule has 0 atom stereocenters. The molecule has 0 saturated carbocycles. The van der Waals surface area contributed by atoms with Gasteiger partial charge in [-0.15, -0.1) is 10.2 Å². The standard InChI is InChI=1S/C13H12N4S/c1-9-16-17-13(18-9)14-8-11-7-6-10-4-2-3-5-12(10)15-11/h2-7H,8H2,1H3,(H,14,17). The number of nitrogens with zero attached hydrogens (tertiary/aromatic N) is 3. The number of benzene rings is 1. The Hall–Kier alpha value is -2.01. The molecule has 90 valence electrons. The first-order chi connectivity index (χ1) is 8.81. The fourth-order valence-corrected chi connectivity index (χ4v) is 2.33. The quantitative estimate of drug-likeness (QED) is 0.782. The van der Waals surface area contributed by atoms with E-state index >= 15 is 0 Å². The summed E-state index contributed by atoms with van der Waals surface area (Å²) in [6.45, 7) is 2.61. The molecule has 18 heavy (non-hydrogen) atoms. The van der Waals surface area contributed by atoms with Gasteiger partial charge in [-0.05, 0) is 19.1 Å². The van der Waals surface area contributed by atoms with E-state index in [0.29, 0.717) is 6.54 Å². The second-order valence-corrected chi connectivity index (χ2v) is 5.16. The fourth-order valence-electron chi connectivity index (χ4n) is 1.74. The molecular formula is C13H12N4S. The van der Waals surface area contributed by atoms with Crippen molar-refractivity contribution < 1.29 is 0 Å². The van der Waals surface area contributed by atoms with Crippen molar-refractivity contribution in [3.8, 4) is 0 Å². The van der Waals surface area contributed by atoms with Crippen LogP contribution in [0.1, 0.15) is 10.7 Å². The van der Waals surface area contributed by atoms with Gasteiger partial charge in [-0.25, -0.2) is 0 Å². The van der Waals surface area contributed by atoms with Crippen molar-refractivity contribution in [2.75, 3.05) is 5.32 Å². The van der Waals surface area contributed by atoms with Gasteiger partial charge in [0.1, 0.15) is 5.01 Å². The largest absolute Gasteiger partial charge is 0.354 e. The van der Waals surface area contributed by atoms with E-state index in [1.54, 1.807) is 11.3 Å². The van der Waals surface area contributed by atoms with Crippen molar-refractivity contribution in [3.05, 3.63) is 47.1 Å². The predicted molar refractivity (Wildman–Crippen MR) is 73.7 cm³/mol. The lowest BCUT2D eigenvalue weighted by Gasteiger charge is -2.03. The number of para-hydroxylation sites is 1. The second kappa shape index (κ2) is 4.70. The van der Waals surface area contributed by atoms with E-state index in [1.807, 2.05) is 31.2 Å². The topological polar surface area (TPSA) is 50.7 Å². The highest BCUT2D eigenvalue weighted by Crippen LogP contribution is 2.16. The fraction of sp³-hybridized carbons (Fsp3) is 0.154. The van der Waals surface area contributed by atoms with Crippen molar-refractivity contribution in [2.24, 2.45) is 0 Å². The van der Waals surface area contributed by atoms with Gasteiger partial charge in [0.25, 0.3) is 0 Å². The molecule has 3 rings (SSSR count). The monoisotopic (exact) mass is 256 g/mol. The zero-order chi connectivity index (χ0) is 12.4. The molecule has 0 saturated heterocycles. The zero-order valence-corrected chi connectivity index (χ0v) is 10.7. The van der Waals surface area contributed by atoms with Crippen LogP contribution >= 0.6 is 11.3 Å². The maximum Gasteiger partial charge on any atom is 0.205 e. The van der Waals surface area contributed by atoms with Gasteiger partial charge in [0, 0.05) is 5.39 Å². The van der Waals surface area contributed by atoms with E-state index in [-0.39, 0.29) is 0 Å². The van der Waals surface area contributed by atoms with Crippen LogP contribution in [0.4, 0.5) is 5.13 Å². The first-order valence-corrected chi connectivity index (χ1v) is 6.51. The number of pyridine rings is 1. The highest BCUT2D eigenvalue weighted by atomic mass is 32.1. The molecule has 4 nitrogen and oxygen atoms in total. The summed E-state index contributed by atoms with van der Waals surface area (Å²) in [6.07, 6.45) is 0. The molecule has 2 heterocycles. The lowest BCUT2D eigenvalue weighted by molar-refractivity contribution is 1.01. The molecule has 3 aromatic rings. The Balaban J connectivity index is 1.78. The number of aromatic nitrogens is 3. The highest BCUT2D eigenvalue weighted by Gasteiger charge is 2.01. The van der Waals surface area contributed by atoms with Gasteiger partial charge in [0.05, 0.1) is 17.8 Å². The summed E-state index contributed by atoms with van der Waals surface area (Å²) in [5, 5.41) is 14.2. The Morgan fingerprint density at radius 3 is 2.83 bits per heavy atom. The third-order valence-electron chi connectivity index (χ3n) is 2.60. The van der Waals surface area contributed by atoms with E-state index in [2.05, 4.69) is 32.6 Å². The van der Waals surface area contributed by atoms with Gasteiger partial charge in [-0.2, -0.15) is 0 Å². The smallest absolute Gasteiger partial charge is 0.205 e. The van der Waals surface area contributed by atoms with Crippen LogP contribution in [0.3, 0.4) is 0 Å². The van der Waals surface area contributed by atoms with E-state index in [9.17, 15) is 0 Å². The molecule has 0 fully saturated rings. The van der Waals surface area contributed by atoms with Crippen molar-refractivity contribution in [3.63, 3.8) is 0 Å². The molecule has 0 aliphatic rings. The molecule has 0 unspecified atom stereocenters. The van der Waals surface area contributed by atoms with Crippen molar-refractivity contribution in [1.82, 2.24) is 15.2 Å². The Labute approximate surface area is 109 Å². The maximum atomic E-state index is 4.59. The van der Waals surface area contributed by atoms with Crippen LogP contribution < -0.4 is 5.32 Å². The van der Waals surface area contributed by atoms with Crippen molar-refractivity contribution >= 4 is 27.4 Å². The lowest BCUT2D eigenvalue weighted by atomic mass is 10.2. The SMILES string of the molecule is Cc1nnc(NCc2ccc3ccccc3n2)s1. The highest BCUT2D eigenvalue weighted by molar-refractivity contribution is 7.15. The number of anilines is 1. The zero-order valence-electron chi connectivity index (χ0n) is 9.92. The maximum absolute atomic E-state index is 4.59. The molecule has 0 aliphatic carbocycles. The third-order valence-corrected chi connectivity index (χ3v) is 3.40. The van der Waals surface area contributed by atoms with Gasteiger partial charge < -0.3 is 5.32 Å². The molecular weight excluding hydrogens is 244 g/mol. The molecule has 0 spiro atoms. The van der Waals surface area contributed by atoms with E-state index in [0.717, 1.165) is 26.7 Å². The van der Waals surface area contributed by atoms with E-state index in [4.69, 9.17) is 0 Å². The Morgan fingerprint density at radius 1 is 1.11 bits per heavy atom. The first-order valence-electron chi connectivity index (χ1n) is 5.70. The minimum Gasteiger partial charge on any atom is -0.354 e. The normalized spacial score (nSPS) is 10.7. The van der Waals surface area contributed by atoms with E-state index < -0.39 is 0 Å². The molecule has 0 aliphatic heterocycles. The van der Waals surface area contributed by atoms with Crippen LogP contribution in [0.15, 0.2) is 36.4 Å². The summed E-state index contributed by atoms with van der Waals surface area (Å²) < 4.78 is 0. The first kappa shape index (κ1) is 11.1. The number of rotatable bonds is 3. The molecule has 0 amide bonds. The van der Waals surface area contributed by atoms with Crippen molar-refractivity contribution in [1.29, 1.82) is 0 Å². The van der Waals surface area contributed by atoms with Crippen LogP contribution in [0.2, 0.25) is 0 Å². The molecule has 2 aromatic heterocycles. The van der Waals surface area contributed by atoms with Crippen LogP contribution in [-0.4, -0.2) is 15.2 Å². The Kier molecular flexibility index (Phi) is 2.90. The van der Waals surface area contributed by atoms with Gasteiger partial charge in [-0.3, -0.25) is 4.98 Å². The molecule has 5 heteroatoms. The Bertz CT molecular complexity index is 677. The summed E-state index contributed by atoms with van der Waals surface area (Å²) in [4.78, 5) is 4.59. The van der Waals surface area contributed by atoms with Crippen molar-refractivity contribution in [2.45, 2.75) is 13.5 Å². The molecule has 1 N–H and O–H groups in total. The average molecular weight is 256 g/mol. The molecule has 0 bridgehead atoms. The second-order valence-electron chi connectivity index (χ2n) is 3.98. The van der Waals surface area contributed by atoms with Crippen LogP contribution in [0.25, 0.3) is 10.9 Å².